The zero-order chi connectivity index (χ0) is 15.0. The largest absolute Gasteiger partial charge is 0.207 e. The third-order valence-corrected chi connectivity index (χ3v) is 3.84. The summed E-state index contributed by atoms with van der Waals surface area (Å²) in [6.07, 6.45) is 7.74. The summed E-state index contributed by atoms with van der Waals surface area (Å²) < 4.78 is 13.0. The van der Waals surface area contributed by atoms with E-state index in [1.807, 2.05) is 6.92 Å². The van der Waals surface area contributed by atoms with Gasteiger partial charge in [0.25, 0.3) is 0 Å². The summed E-state index contributed by atoms with van der Waals surface area (Å²) in [5.41, 5.74) is 7.58. The minimum absolute atomic E-state index is 0.226. The van der Waals surface area contributed by atoms with Crippen LogP contribution in [0.4, 0.5) is 4.39 Å². The maximum atomic E-state index is 13.0. The van der Waals surface area contributed by atoms with Gasteiger partial charge in [-0.05, 0) is 59.9 Å². The van der Waals surface area contributed by atoms with Crippen molar-refractivity contribution >= 4 is 17.2 Å². The van der Waals surface area contributed by atoms with Crippen molar-refractivity contribution in [1.82, 2.24) is 0 Å². The van der Waals surface area contributed by atoms with Gasteiger partial charge in [0.2, 0.25) is 0 Å². The fraction of sp³-hybridized carbons (Fsp3) is 0.100. The molecule has 0 nitrogen and oxygen atoms in total. The van der Waals surface area contributed by atoms with Gasteiger partial charge in [-0.3, -0.25) is 0 Å². The normalized spacial score (nSPS) is 15.2. The Balaban J connectivity index is 2.18. The van der Waals surface area contributed by atoms with Crippen LogP contribution in [0.15, 0.2) is 48.0 Å². The zero-order valence-corrected chi connectivity index (χ0v) is 12.1. The molecule has 2 aromatic rings. The highest BCUT2D eigenvalue weighted by atomic mass is 19.1. The van der Waals surface area contributed by atoms with Crippen LogP contribution < -0.4 is 0 Å². The molecule has 1 aliphatic rings. The van der Waals surface area contributed by atoms with Gasteiger partial charge in [-0.1, -0.05) is 41.8 Å². The van der Waals surface area contributed by atoms with E-state index >= 15 is 0 Å². The Morgan fingerprint density at radius 2 is 1.71 bits per heavy atom. The number of rotatable bonds is 1. The van der Waals surface area contributed by atoms with Crippen molar-refractivity contribution in [1.29, 1.82) is 0 Å². The molecule has 0 radical (unpaired) electrons. The number of terminal acetylenes is 1. The third kappa shape index (κ3) is 2.30. The van der Waals surface area contributed by atoms with Crippen LogP contribution in [-0.2, 0) is 0 Å². The number of halogens is 1. The summed E-state index contributed by atoms with van der Waals surface area (Å²) >= 11 is 0. The predicted octanol–water partition coefficient (Wildman–Crippen LogP) is 5.10. The number of allylic oxidation sites excluding steroid dienone is 3. The minimum Gasteiger partial charge on any atom is -0.207 e. The minimum atomic E-state index is -0.226. The summed E-state index contributed by atoms with van der Waals surface area (Å²) in [5.74, 6) is 2.58. The second-order valence-corrected chi connectivity index (χ2v) is 5.30. The molecule has 0 aliphatic heterocycles. The Labute approximate surface area is 124 Å². The molecule has 0 spiro atoms. The smallest absolute Gasteiger partial charge is 0.123 e. The lowest BCUT2D eigenvalue weighted by atomic mass is 9.99. The van der Waals surface area contributed by atoms with Crippen LogP contribution in [-0.4, -0.2) is 0 Å². The third-order valence-electron chi connectivity index (χ3n) is 3.84. The van der Waals surface area contributed by atoms with Gasteiger partial charge in [0.1, 0.15) is 5.82 Å². The molecule has 3 rings (SSSR count). The summed E-state index contributed by atoms with van der Waals surface area (Å²) in [6, 6.07) is 12.8. The van der Waals surface area contributed by atoms with Crippen LogP contribution in [0.2, 0.25) is 0 Å². The maximum absolute atomic E-state index is 13.0. The standard InChI is InChI=1S/C20H15F/c1-4-17-14(3)19(12-15-6-8-16(21)9-7-15)18-10-5-13(2)11-20(17)18/h1,5-12H,2-3H3. The van der Waals surface area contributed by atoms with Crippen LogP contribution in [0.1, 0.15) is 29.2 Å². The average Bonchev–Trinajstić information content (AvgIpc) is 2.73. The van der Waals surface area contributed by atoms with Gasteiger partial charge in [-0.15, -0.1) is 6.42 Å². The molecule has 0 unspecified atom stereocenters. The lowest BCUT2D eigenvalue weighted by molar-refractivity contribution is 0.628. The van der Waals surface area contributed by atoms with E-state index in [4.69, 9.17) is 6.42 Å². The van der Waals surface area contributed by atoms with Gasteiger partial charge in [-0.2, -0.15) is 0 Å². The maximum Gasteiger partial charge on any atom is 0.123 e. The van der Waals surface area contributed by atoms with Crippen molar-refractivity contribution in [3.05, 3.63) is 76.1 Å². The number of hydrogen-bond donors (Lipinski definition) is 0. The highest BCUT2D eigenvalue weighted by Gasteiger charge is 2.22. The summed E-state index contributed by atoms with van der Waals surface area (Å²) in [5, 5.41) is 0. The van der Waals surface area contributed by atoms with Crippen LogP contribution in [0.3, 0.4) is 0 Å². The molecule has 0 fully saturated rings. The lowest BCUT2D eigenvalue weighted by Gasteiger charge is -2.05. The lowest BCUT2D eigenvalue weighted by Crippen LogP contribution is -1.85. The number of aryl methyl sites for hydroxylation is 1. The second-order valence-electron chi connectivity index (χ2n) is 5.30. The Morgan fingerprint density at radius 3 is 2.38 bits per heavy atom. The molecule has 0 amide bonds. The second kappa shape index (κ2) is 5.07. The molecule has 102 valence electrons. The van der Waals surface area contributed by atoms with Crippen molar-refractivity contribution in [2.75, 3.05) is 0 Å². The van der Waals surface area contributed by atoms with Crippen molar-refractivity contribution < 1.29 is 4.39 Å². The van der Waals surface area contributed by atoms with Crippen molar-refractivity contribution in [2.45, 2.75) is 13.8 Å². The van der Waals surface area contributed by atoms with Crippen molar-refractivity contribution in [3.63, 3.8) is 0 Å². The van der Waals surface area contributed by atoms with Gasteiger partial charge in [0, 0.05) is 5.57 Å². The van der Waals surface area contributed by atoms with Gasteiger partial charge in [-0.25, -0.2) is 4.39 Å². The average molecular weight is 274 g/mol. The molecule has 0 bridgehead atoms. The van der Waals surface area contributed by atoms with Crippen LogP contribution >= 0.6 is 0 Å². The first-order chi connectivity index (χ1) is 10.1. The summed E-state index contributed by atoms with van der Waals surface area (Å²) in [4.78, 5) is 0. The van der Waals surface area contributed by atoms with E-state index in [1.54, 1.807) is 12.1 Å². The fourth-order valence-electron chi connectivity index (χ4n) is 2.74. The molecule has 0 saturated heterocycles. The van der Waals surface area contributed by atoms with Gasteiger partial charge < -0.3 is 0 Å². The predicted molar refractivity (Wildman–Crippen MR) is 86.9 cm³/mol. The Morgan fingerprint density at radius 1 is 1.00 bits per heavy atom. The van der Waals surface area contributed by atoms with Crippen LogP contribution in [0, 0.1) is 25.1 Å². The topological polar surface area (TPSA) is 0 Å². The molecular weight excluding hydrogens is 259 g/mol. The van der Waals surface area contributed by atoms with E-state index < -0.39 is 0 Å². The van der Waals surface area contributed by atoms with E-state index in [1.165, 1.54) is 17.7 Å². The highest BCUT2D eigenvalue weighted by molar-refractivity contribution is 6.08. The van der Waals surface area contributed by atoms with Crippen molar-refractivity contribution in [3.8, 4) is 12.3 Å². The van der Waals surface area contributed by atoms with Gasteiger partial charge in [0.05, 0.1) is 0 Å². The highest BCUT2D eigenvalue weighted by Crippen LogP contribution is 2.42. The summed E-state index contributed by atoms with van der Waals surface area (Å²) in [7, 11) is 0. The molecule has 0 aromatic heterocycles. The Kier molecular flexibility index (Phi) is 3.23. The van der Waals surface area contributed by atoms with Crippen LogP contribution in [0.25, 0.3) is 17.2 Å². The molecule has 1 aliphatic carbocycles. The molecular formula is C20H15F. The molecule has 2 aromatic carbocycles. The zero-order valence-electron chi connectivity index (χ0n) is 12.1. The first kappa shape index (κ1) is 13.4. The Hall–Kier alpha value is -2.59. The molecule has 21 heavy (non-hydrogen) atoms. The molecule has 0 saturated carbocycles. The van der Waals surface area contributed by atoms with E-state index in [9.17, 15) is 4.39 Å². The SMILES string of the molecule is C#CC1=C(C)C(=Cc2ccc(F)cc2)c2ccc(C)cc21. The first-order valence-electron chi connectivity index (χ1n) is 6.86. The first-order valence-corrected chi connectivity index (χ1v) is 6.86. The monoisotopic (exact) mass is 274 g/mol. The molecule has 1 heteroatoms. The van der Waals surface area contributed by atoms with E-state index in [2.05, 4.69) is 37.1 Å². The molecule has 0 heterocycles. The molecule has 0 atom stereocenters. The van der Waals surface area contributed by atoms with Crippen molar-refractivity contribution in [2.24, 2.45) is 0 Å². The quantitative estimate of drug-likeness (QED) is 0.635. The van der Waals surface area contributed by atoms with Crippen LogP contribution in [0.5, 0.6) is 0 Å². The van der Waals surface area contributed by atoms with E-state index in [-0.39, 0.29) is 5.82 Å². The number of benzene rings is 2. The van der Waals surface area contributed by atoms with E-state index in [0.29, 0.717) is 0 Å². The number of fused-ring (bicyclic) bond motifs is 1. The van der Waals surface area contributed by atoms with Gasteiger partial charge >= 0.3 is 0 Å². The van der Waals surface area contributed by atoms with E-state index in [0.717, 1.165) is 33.4 Å². The molecule has 0 N–H and O–H groups in total. The Bertz CT molecular complexity index is 812. The van der Waals surface area contributed by atoms with Gasteiger partial charge in [0.15, 0.2) is 0 Å². The number of hydrogen-bond acceptors (Lipinski definition) is 0. The summed E-state index contributed by atoms with van der Waals surface area (Å²) in [6.45, 7) is 4.10. The fourth-order valence-corrected chi connectivity index (χ4v) is 2.74.